The molecule has 104 valence electrons. The summed E-state index contributed by atoms with van der Waals surface area (Å²) in [6.07, 6.45) is 4.40. The first kappa shape index (κ1) is 13.8. The van der Waals surface area contributed by atoms with Gasteiger partial charge in [-0.15, -0.1) is 0 Å². The molecular formula is C14H20N2O3. The molecule has 19 heavy (non-hydrogen) atoms. The van der Waals surface area contributed by atoms with Crippen LogP contribution in [0, 0.1) is 0 Å². The van der Waals surface area contributed by atoms with Crippen molar-refractivity contribution in [2.24, 2.45) is 0 Å². The highest BCUT2D eigenvalue weighted by Crippen LogP contribution is 2.19. The molecule has 0 aliphatic heterocycles. The molecule has 1 atom stereocenters. The van der Waals surface area contributed by atoms with E-state index in [0.29, 0.717) is 0 Å². The Hall–Kier alpha value is -1.59. The molecule has 0 bridgehead atoms. The lowest BCUT2D eigenvalue weighted by Gasteiger charge is -2.18. The van der Waals surface area contributed by atoms with Gasteiger partial charge < -0.3 is 10.4 Å². The molecule has 0 heterocycles. The zero-order valence-electron chi connectivity index (χ0n) is 10.8. The maximum absolute atomic E-state index is 11.7. The van der Waals surface area contributed by atoms with E-state index >= 15 is 0 Å². The van der Waals surface area contributed by atoms with Crippen LogP contribution in [-0.2, 0) is 4.84 Å². The van der Waals surface area contributed by atoms with E-state index < -0.39 is 12.1 Å². The van der Waals surface area contributed by atoms with Crippen molar-refractivity contribution in [2.45, 2.75) is 37.8 Å². The van der Waals surface area contributed by atoms with Crippen LogP contribution < -0.4 is 10.8 Å². The Morgan fingerprint density at radius 2 is 2.00 bits per heavy atom. The highest BCUT2D eigenvalue weighted by Gasteiger charge is 2.18. The van der Waals surface area contributed by atoms with Gasteiger partial charge in [-0.25, -0.2) is 10.3 Å². The molecule has 0 spiro atoms. The fourth-order valence-corrected chi connectivity index (χ4v) is 2.25. The molecule has 5 nitrogen and oxygen atoms in total. The molecule has 5 heteroatoms. The SMILES string of the molecule is O=C(NOC1CCCC1)NC(CO)c1ccccc1. The van der Waals surface area contributed by atoms with Crippen LogP contribution in [0.25, 0.3) is 0 Å². The van der Waals surface area contributed by atoms with Crippen molar-refractivity contribution in [1.29, 1.82) is 0 Å². The van der Waals surface area contributed by atoms with Crippen LogP contribution in [0.4, 0.5) is 4.79 Å². The van der Waals surface area contributed by atoms with E-state index in [9.17, 15) is 9.90 Å². The quantitative estimate of drug-likeness (QED) is 0.711. The van der Waals surface area contributed by atoms with Gasteiger partial charge in [0.05, 0.1) is 18.8 Å². The van der Waals surface area contributed by atoms with Crippen molar-refractivity contribution in [3.05, 3.63) is 35.9 Å². The zero-order chi connectivity index (χ0) is 13.5. The van der Waals surface area contributed by atoms with Gasteiger partial charge in [-0.3, -0.25) is 4.84 Å². The summed E-state index contributed by atoms with van der Waals surface area (Å²) in [5.74, 6) is 0. The molecule has 1 unspecified atom stereocenters. The predicted molar refractivity (Wildman–Crippen MR) is 71.3 cm³/mol. The molecule has 2 rings (SSSR count). The van der Waals surface area contributed by atoms with Gasteiger partial charge in [0, 0.05) is 0 Å². The van der Waals surface area contributed by atoms with Gasteiger partial charge in [0.15, 0.2) is 0 Å². The van der Waals surface area contributed by atoms with Crippen molar-refractivity contribution >= 4 is 6.03 Å². The lowest BCUT2D eigenvalue weighted by molar-refractivity contribution is -0.000837. The van der Waals surface area contributed by atoms with E-state index in [-0.39, 0.29) is 12.7 Å². The number of aliphatic hydroxyl groups excluding tert-OH is 1. The second-order valence-electron chi connectivity index (χ2n) is 4.75. The smallest absolute Gasteiger partial charge is 0.339 e. The summed E-state index contributed by atoms with van der Waals surface area (Å²) in [5.41, 5.74) is 3.26. The van der Waals surface area contributed by atoms with Crippen LogP contribution >= 0.6 is 0 Å². The number of hydrogen-bond donors (Lipinski definition) is 3. The summed E-state index contributed by atoms with van der Waals surface area (Å²) < 4.78 is 0. The Balaban J connectivity index is 1.79. The predicted octanol–water partition coefficient (Wildman–Crippen LogP) is 1.89. The summed E-state index contributed by atoms with van der Waals surface area (Å²) in [6.45, 7) is -0.152. The minimum atomic E-state index is -0.423. The van der Waals surface area contributed by atoms with Crippen molar-refractivity contribution in [1.82, 2.24) is 10.8 Å². The van der Waals surface area contributed by atoms with Crippen molar-refractivity contribution < 1.29 is 14.7 Å². The van der Waals surface area contributed by atoms with Crippen LogP contribution in [-0.4, -0.2) is 23.8 Å². The molecule has 1 aliphatic rings. The minimum Gasteiger partial charge on any atom is -0.394 e. The van der Waals surface area contributed by atoms with E-state index in [2.05, 4.69) is 10.8 Å². The number of carbonyl (C=O) groups is 1. The normalized spacial score (nSPS) is 17.1. The standard InChI is InChI=1S/C14H20N2O3/c17-10-13(11-6-2-1-3-7-11)15-14(18)16-19-12-8-4-5-9-12/h1-3,6-7,12-13,17H,4-5,8-10H2,(H2,15,16,18). The summed E-state index contributed by atoms with van der Waals surface area (Å²) in [4.78, 5) is 17.0. The Morgan fingerprint density at radius 1 is 1.32 bits per heavy atom. The molecular weight excluding hydrogens is 244 g/mol. The molecule has 0 radical (unpaired) electrons. The number of benzene rings is 1. The van der Waals surface area contributed by atoms with Gasteiger partial charge in [0.2, 0.25) is 0 Å². The van der Waals surface area contributed by atoms with E-state index in [0.717, 1.165) is 31.2 Å². The zero-order valence-corrected chi connectivity index (χ0v) is 10.8. The third-order valence-corrected chi connectivity index (χ3v) is 3.31. The topological polar surface area (TPSA) is 70.6 Å². The highest BCUT2D eigenvalue weighted by molar-refractivity contribution is 5.73. The van der Waals surface area contributed by atoms with Gasteiger partial charge >= 0.3 is 6.03 Å². The molecule has 0 saturated heterocycles. The maximum Gasteiger partial charge on any atom is 0.339 e. The molecule has 1 aliphatic carbocycles. The maximum atomic E-state index is 11.7. The second kappa shape index (κ2) is 7.11. The van der Waals surface area contributed by atoms with Crippen molar-refractivity contribution in [3.8, 4) is 0 Å². The summed E-state index contributed by atoms with van der Waals surface area (Å²) in [7, 11) is 0. The number of nitrogens with one attached hydrogen (secondary N) is 2. The average molecular weight is 264 g/mol. The lowest BCUT2D eigenvalue weighted by atomic mass is 10.1. The Morgan fingerprint density at radius 3 is 2.63 bits per heavy atom. The Kier molecular flexibility index (Phi) is 5.18. The molecule has 0 aromatic heterocycles. The first-order valence-electron chi connectivity index (χ1n) is 6.67. The molecule has 1 saturated carbocycles. The summed E-state index contributed by atoms with van der Waals surface area (Å²) in [5, 5.41) is 12.0. The van der Waals surface area contributed by atoms with Gasteiger partial charge in [-0.1, -0.05) is 43.2 Å². The van der Waals surface area contributed by atoms with Crippen molar-refractivity contribution in [3.63, 3.8) is 0 Å². The highest BCUT2D eigenvalue weighted by atomic mass is 16.7. The third-order valence-electron chi connectivity index (χ3n) is 3.31. The van der Waals surface area contributed by atoms with Gasteiger partial charge in [0.1, 0.15) is 0 Å². The van der Waals surface area contributed by atoms with Gasteiger partial charge in [-0.05, 0) is 18.4 Å². The average Bonchev–Trinajstić information content (AvgIpc) is 2.97. The number of carbonyl (C=O) groups excluding carboxylic acids is 1. The van der Waals surface area contributed by atoms with Crippen LogP contribution in [0.2, 0.25) is 0 Å². The third kappa shape index (κ3) is 4.22. The summed E-state index contributed by atoms with van der Waals surface area (Å²) in [6, 6.07) is 8.50. The molecule has 3 N–H and O–H groups in total. The Bertz CT molecular complexity index is 391. The fourth-order valence-electron chi connectivity index (χ4n) is 2.25. The van der Waals surface area contributed by atoms with E-state index in [4.69, 9.17) is 4.84 Å². The molecule has 2 amide bonds. The van der Waals surface area contributed by atoms with Crippen molar-refractivity contribution in [2.75, 3.05) is 6.61 Å². The second-order valence-corrected chi connectivity index (χ2v) is 4.75. The number of rotatable bonds is 5. The number of urea groups is 1. The van der Waals surface area contributed by atoms with Crippen LogP contribution in [0.5, 0.6) is 0 Å². The minimum absolute atomic E-state index is 0.120. The molecule has 1 aromatic rings. The first-order valence-corrected chi connectivity index (χ1v) is 6.67. The fraction of sp³-hybridized carbons (Fsp3) is 0.500. The lowest BCUT2D eigenvalue weighted by Crippen LogP contribution is -2.40. The number of aliphatic hydroxyl groups is 1. The monoisotopic (exact) mass is 264 g/mol. The Labute approximate surface area is 112 Å². The van der Waals surface area contributed by atoms with Crippen LogP contribution in [0.15, 0.2) is 30.3 Å². The number of amides is 2. The number of hydrogen-bond acceptors (Lipinski definition) is 3. The van der Waals surface area contributed by atoms with Crippen LogP contribution in [0.1, 0.15) is 37.3 Å². The van der Waals surface area contributed by atoms with E-state index in [1.165, 1.54) is 0 Å². The molecule has 1 aromatic carbocycles. The number of hydroxylamine groups is 1. The largest absolute Gasteiger partial charge is 0.394 e. The van der Waals surface area contributed by atoms with Gasteiger partial charge in [-0.2, -0.15) is 0 Å². The van der Waals surface area contributed by atoms with E-state index in [1.807, 2.05) is 30.3 Å². The molecule has 1 fully saturated rings. The first-order chi connectivity index (χ1) is 9.29. The van der Waals surface area contributed by atoms with Crippen LogP contribution in [0.3, 0.4) is 0 Å². The summed E-state index contributed by atoms with van der Waals surface area (Å²) >= 11 is 0. The van der Waals surface area contributed by atoms with Gasteiger partial charge in [0.25, 0.3) is 0 Å². The van der Waals surface area contributed by atoms with E-state index in [1.54, 1.807) is 0 Å².